The average Bonchev–Trinajstić information content (AvgIpc) is 2.84. The molecule has 0 amide bonds. The fourth-order valence-electron chi connectivity index (χ4n) is 7.01. The van der Waals surface area contributed by atoms with Crippen molar-refractivity contribution >= 4 is 17.5 Å². The third-order valence-corrected chi connectivity index (χ3v) is 8.46. The van der Waals surface area contributed by atoms with E-state index in [2.05, 4.69) is 13.8 Å². The van der Waals surface area contributed by atoms with E-state index in [0.717, 1.165) is 38.5 Å². The summed E-state index contributed by atoms with van der Waals surface area (Å²) in [5.41, 5.74) is -0.100. The topological polar surface area (TPSA) is 60.4 Å². The molecule has 0 aromatic heterocycles. The van der Waals surface area contributed by atoms with E-state index in [1.807, 2.05) is 0 Å². The van der Waals surface area contributed by atoms with Crippen molar-refractivity contribution in [3.63, 3.8) is 0 Å². The van der Waals surface area contributed by atoms with E-state index >= 15 is 0 Å². The third-order valence-electron chi connectivity index (χ3n) is 8.46. The molecule has 25 heavy (non-hydrogen) atoms. The minimum absolute atomic E-state index is 0.0261. The van der Waals surface area contributed by atoms with Gasteiger partial charge in [0.2, 0.25) is 0 Å². The Morgan fingerprint density at radius 1 is 1.08 bits per heavy atom. The van der Waals surface area contributed by atoms with Gasteiger partial charge in [0.25, 0.3) is 0 Å². The van der Waals surface area contributed by atoms with Gasteiger partial charge in [-0.2, -0.15) is 0 Å². The van der Waals surface area contributed by atoms with Gasteiger partial charge in [-0.1, -0.05) is 13.8 Å². The summed E-state index contributed by atoms with van der Waals surface area (Å²) in [6.07, 6.45) is 6.85. The van der Waals surface area contributed by atoms with Gasteiger partial charge in [-0.15, -0.1) is 0 Å². The van der Waals surface area contributed by atoms with Gasteiger partial charge in [-0.25, -0.2) is 0 Å². The smallest absolute Gasteiger partial charge is 0.302 e. The van der Waals surface area contributed by atoms with Gasteiger partial charge in [0.1, 0.15) is 17.7 Å². The molecule has 4 fully saturated rings. The highest BCUT2D eigenvalue weighted by atomic mass is 16.5. The molecule has 0 saturated heterocycles. The first-order chi connectivity index (χ1) is 11.8. The zero-order valence-corrected chi connectivity index (χ0v) is 15.7. The fraction of sp³-hybridized carbons (Fsp3) is 0.857. The molecule has 0 unspecified atom stereocenters. The standard InChI is InChI=1S/C21H30O4/c1-12(22)25-14-6-8-20(2)13(10-14)11-17(23)19-15-4-5-18(24)21(15,3)9-7-16(19)20/h13-16,19H,4-11H2,1-3H3/t13-,14+,15-,16-,19+,20+,21+/m1/s1. The number of esters is 1. The van der Waals surface area contributed by atoms with Crippen molar-refractivity contribution in [1.29, 1.82) is 0 Å². The summed E-state index contributed by atoms with van der Waals surface area (Å²) in [4.78, 5) is 36.9. The summed E-state index contributed by atoms with van der Waals surface area (Å²) in [5.74, 6) is 1.61. The largest absolute Gasteiger partial charge is 0.463 e. The van der Waals surface area contributed by atoms with Crippen molar-refractivity contribution in [2.45, 2.75) is 78.2 Å². The van der Waals surface area contributed by atoms with Crippen LogP contribution < -0.4 is 0 Å². The van der Waals surface area contributed by atoms with Crippen LogP contribution in [0.1, 0.15) is 72.1 Å². The highest BCUT2D eigenvalue weighted by Gasteiger charge is 2.62. The number of fused-ring (bicyclic) bond motifs is 5. The van der Waals surface area contributed by atoms with E-state index in [4.69, 9.17) is 4.74 Å². The van der Waals surface area contributed by atoms with E-state index in [-0.39, 0.29) is 34.7 Å². The number of Topliss-reactive ketones (excluding diaryl/α,β-unsaturated/α-hetero) is 2. The van der Waals surface area contributed by atoms with Gasteiger partial charge >= 0.3 is 5.97 Å². The molecule has 0 bridgehead atoms. The first kappa shape index (κ1) is 17.2. The number of carbonyl (C=O) groups excluding carboxylic acids is 3. The number of ether oxygens (including phenoxy) is 1. The van der Waals surface area contributed by atoms with Crippen molar-refractivity contribution in [2.24, 2.45) is 34.5 Å². The molecule has 4 aliphatic rings. The Labute approximate surface area is 150 Å². The summed E-state index contributed by atoms with van der Waals surface area (Å²) in [7, 11) is 0. The van der Waals surface area contributed by atoms with Crippen LogP contribution in [0.25, 0.3) is 0 Å². The monoisotopic (exact) mass is 346 g/mol. The molecule has 4 aliphatic carbocycles. The number of rotatable bonds is 1. The van der Waals surface area contributed by atoms with Crippen LogP contribution in [0, 0.1) is 34.5 Å². The number of hydrogen-bond donors (Lipinski definition) is 0. The molecule has 0 heterocycles. The Morgan fingerprint density at radius 2 is 1.84 bits per heavy atom. The van der Waals surface area contributed by atoms with E-state index in [1.54, 1.807) is 0 Å². The van der Waals surface area contributed by atoms with Gasteiger partial charge in [0.15, 0.2) is 0 Å². The van der Waals surface area contributed by atoms with Gasteiger partial charge in [-0.3, -0.25) is 14.4 Å². The summed E-state index contributed by atoms with van der Waals surface area (Å²) >= 11 is 0. The zero-order valence-electron chi connectivity index (χ0n) is 15.7. The molecule has 0 radical (unpaired) electrons. The Balaban J connectivity index is 1.60. The van der Waals surface area contributed by atoms with Crippen molar-refractivity contribution in [1.82, 2.24) is 0 Å². The highest BCUT2D eigenvalue weighted by Crippen LogP contribution is 2.64. The summed E-state index contributed by atoms with van der Waals surface area (Å²) in [6.45, 7) is 5.95. The number of ketones is 2. The maximum atomic E-state index is 13.1. The predicted octanol–water partition coefficient (Wildman–Crippen LogP) is 3.71. The zero-order chi connectivity index (χ0) is 18.0. The SMILES string of the molecule is CC(=O)O[C@H]1CC[C@@]2(C)[C@@H](CC(=O)[C@@H]3[C@H]2CC[C@]2(C)C(=O)CC[C@H]32)C1. The maximum Gasteiger partial charge on any atom is 0.302 e. The van der Waals surface area contributed by atoms with Gasteiger partial charge in [0.05, 0.1) is 0 Å². The van der Waals surface area contributed by atoms with E-state index in [0.29, 0.717) is 36.2 Å². The lowest BCUT2D eigenvalue weighted by atomic mass is 9.45. The summed E-state index contributed by atoms with van der Waals surface area (Å²) in [5, 5.41) is 0. The molecule has 0 spiro atoms. The van der Waals surface area contributed by atoms with E-state index in [1.165, 1.54) is 6.92 Å². The summed E-state index contributed by atoms with van der Waals surface area (Å²) < 4.78 is 5.46. The van der Waals surface area contributed by atoms with Crippen LogP contribution in [0.4, 0.5) is 0 Å². The van der Waals surface area contributed by atoms with E-state index in [9.17, 15) is 14.4 Å². The Bertz CT molecular complexity index is 625. The van der Waals surface area contributed by atoms with Crippen LogP contribution in [-0.2, 0) is 19.1 Å². The Hall–Kier alpha value is -1.19. The van der Waals surface area contributed by atoms with Crippen LogP contribution in [-0.4, -0.2) is 23.6 Å². The second-order valence-electron chi connectivity index (χ2n) is 9.54. The van der Waals surface area contributed by atoms with Crippen LogP contribution in [0.2, 0.25) is 0 Å². The number of hydrogen-bond acceptors (Lipinski definition) is 4. The molecule has 138 valence electrons. The average molecular weight is 346 g/mol. The summed E-state index contributed by atoms with van der Waals surface area (Å²) in [6, 6.07) is 0. The molecular formula is C21H30O4. The Morgan fingerprint density at radius 3 is 2.56 bits per heavy atom. The molecule has 4 saturated carbocycles. The van der Waals surface area contributed by atoms with Crippen LogP contribution in [0.15, 0.2) is 0 Å². The molecule has 4 nitrogen and oxygen atoms in total. The minimum atomic E-state index is -0.255. The van der Waals surface area contributed by atoms with Crippen molar-refractivity contribution in [3.05, 3.63) is 0 Å². The first-order valence-corrected chi connectivity index (χ1v) is 9.99. The quantitative estimate of drug-likeness (QED) is 0.679. The fourth-order valence-corrected chi connectivity index (χ4v) is 7.01. The molecule has 4 heteroatoms. The molecule has 0 aromatic carbocycles. The van der Waals surface area contributed by atoms with Crippen LogP contribution in [0.3, 0.4) is 0 Å². The van der Waals surface area contributed by atoms with Gasteiger partial charge in [0, 0.05) is 31.1 Å². The van der Waals surface area contributed by atoms with Crippen molar-refractivity contribution < 1.29 is 19.1 Å². The maximum absolute atomic E-state index is 13.1. The van der Waals surface area contributed by atoms with Crippen LogP contribution >= 0.6 is 0 Å². The van der Waals surface area contributed by atoms with Crippen LogP contribution in [0.5, 0.6) is 0 Å². The van der Waals surface area contributed by atoms with Gasteiger partial charge < -0.3 is 4.74 Å². The molecule has 7 atom stereocenters. The second-order valence-corrected chi connectivity index (χ2v) is 9.54. The van der Waals surface area contributed by atoms with Crippen molar-refractivity contribution in [2.75, 3.05) is 0 Å². The minimum Gasteiger partial charge on any atom is -0.463 e. The lowest BCUT2D eigenvalue weighted by Gasteiger charge is -2.59. The molecule has 0 N–H and O–H groups in total. The molecular weight excluding hydrogens is 316 g/mol. The lowest BCUT2D eigenvalue weighted by molar-refractivity contribution is -0.166. The predicted molar refractivity (Wildman–Crippen MR) is 92.7 cm³/mol. The molecule has 0 aliphatic heterocycles. The highest BCUT2D eigenvalue weighted by molar-refractivity contribution is 5.90. The third kappa shape index (κ3) is 2.43. The van der Waals surface area contributed by atoms with Gasteiger partial charge in [-0.05, 0) is 61.7 Å². The second kappa shape index (κ2) is 5.65. The molecule has 0 aromatic rings. The molecule has 4 rings (SSSR count). The Kier molecular flexibility index (Phi) is 3.90. The van der Waals surface area contributed by atoms with Crippen molar-refractivity contribution in [3.8, 4) is 0 Å². The number of carbonyl (C=O) groups is 3. The normalized spacial score (nSPS) is 49.2. The first-order valence-electron chi connectivity index (χ1n) is 9.99. The van der Waals surface area contributed by atoms with E-state index < -0.39 is 0 Å². The lowest BCUT2D eigenvalue weighted by Crippen LogP contribution is -2.57.